The van der Waals surface area contributed by atoms with Crippen molar-refractivity contribution in [1.82, 2.24) is 0 Å². The van der Waals surface area contributed by atoms with Gasteiger partial charge in [0, 0.05) is 30.1 Å². The van der Waals surface area contributed by atoms with Crippen molar-refractivity contribution in [3.05, 3.63) is 53.6 Å². The third-order valence-electron chi connectivity index (χ3n) is 3.75. The van der Waals surface area contributed by atoms with Crippen LogP contribution in [0, 0.1) is 0 Å². The zero-order chi connectivity index (χ0) is 19.5. The molecule has 0 aliphatic heterocycles. The molecule has 0 aliphatic rings. The first-order valence-electron chi connectivity index (χ1n) is 7.54. The molecule has 0 atom stereocenters. The lowest BCUT2D eigenvalue weighted by Gasteiger charge is -2.19. The predicted octanol–water partition coefficient (Wildman–Crippen LogP) is 4.66. The van der Waals surface area contributed by atoms with E-state index in [4.69, 9.17) is 0 Å². The number of halogens is 3. The lowest BCUT2D eigenvalue weighted by Crippen LogP contribution is -2.23. The normalized spacial score (nSPS) is 11.2. The number of carbonyl (C=O) groups excluding carboxylic acids is 2. The summed E-state index contributed by atoms with van der Waals surface area (Å²) in [4.78, 5) is 26.1. The van der Waals surface area contributed by atoms with E-state index in [1.807, 2.05) is 6.26 Å². The summed E-state index contributed by atoms with van der Waals surface area (Å²) in [5.74, 6) is -0.584. The van der Waals surface area contributed by atoms with Gasteiger partial charge in [-0.2, -0.15) is 13.2 Å². The van der Waals surface area contributed by atoms with Crippen LogP contribution in [-0.4, -0.2) is 25.1 Å². The van der Waals surface area contributed by atoms with E-state index in [1.54, 1.807) is 25.2 Å². The Morgan fingerprint density at radius 3 is 2.19 bits per heavy atom. The van der Waals surface area contributed by atoms with Crippen LogP contribution in [0.5, 0.6) is 0 Å². The molecule has 0 heterocycles. The summed E-state index contributed by atoms with van der Waals surface area (Å²) < 4.78 is 37.7. The molecule has 0 aliphatic carbocycles. The largest absolute Gasteiger partial charge is 0.416 e. The average molecular weight is 382 g/mol. The highest BCUT2D eigenvalue weighted by Gasteiger charge is 2.30. The third-order valence-corrected chi connectivity index (χ3v) is 4.51. The summed E-state index contributed by atoms with van der Waals surface area (Å²) in [6.07, 6.45) is -2.60. The molecule has 0 saturated carbocycles. The number of amides is 2. The molecule has 4 nitrogen and oxygen atoms in total. The zero-order valence-electron chi connectivity index (χ0n) is 14.3. The summed E-state index contributed by atoms with van der Waals surface area (Å²) >= 11 is 1.38. The maximum atomic E-state index is 12.6. The van der Waals surface area contributed by atoms with E-state index in [2.05, 4.69) is 5.32 Å². The molecule has 0 radical (unpaired) electrons. The van der Waals surface area contributed by atoms with Crippen molar-refractivity contribution < 1.29 is 22.8 Å². The quantitative estimate of drug-likeness (QED) is 0.783. The molecule has 0 spiro atoms. The van der Waals surface area contributed by atoms with E-state index in [0.717, 1.165) is 17.0 Å². The van der Waals surface area contributed by atoms with Gasteiger partial charge in [-0.15, -0.1) is 11.8 Å². The molecule has 1 N–H and O–H groups in total. The maximum absolute atomic E-state index is 12.6. The van der Waals surface area contributed by atoms with Gasteiger partial charge in [0.2, 0.25) is 5.91 Å². The number of thioether (sulfide) groups is 1. The topological polar surface area (TPSA) is 49.4 Å². The number of nitrogens with one attached hydrogen (secondary N) is 1. The lowest BCUT2D eigenvalue weighted by atomic mass is 10.1. The molecule has 0 fully saturated rings. The molecular weight excluding hydrogens is 365 g/mol. The molecule has 8 heteroatoms. The number of hydrogen-bond acceptors (Lipinski definition) is 3. The molecule has 138 valence electrons. The van der Waals surface area contributed by atoms with Crippen LogP contribution in [0.15, 0.2) is 47.4 Å². The molecule has 2 amide bonds. The van der Waals surface area contributed by atoms with Crippen molar-refractivity contribution in [1.29, 1.82) is 0 Å². The zero-order valence-corrected chi connectivity index (χ0v) is 15.2. The minimum atomic E-state index is -4.42. The molecule has 0 aromatic heterocycles. The van der Waals surface area contributed by atoms with E-state index >= 15 is 0 Å². The number of hydrogen-bond donors (Lipinski definition) is 1. The van der Waals surface area contributed by atoms with E-state index < -0.39 is 17.6 Å². The number of alkyl halides is 3. The number of carbonyl (C=O) groups is 2. The second-order valence-electron chi connectivity index (χ2n) is 5.49. The fraction of sp³-hybridized carbons (Fsp3) is 0.222. The van der Waals surface area contributed by atoms with Gasteiger partial charge < -0.3 is 10.2 Å². The fourth-order valence-electron chi connectivity index (χ4n) is 2.21. The molecule has 2 rings (SSSR count). The Kier molecular flexibility index (Phi) is 5.97. The Morgan fingerprint density at radius 1 is 1.08 bits per heavy atom. The monoisotopic (exact) mass is 382 g/mol. The van der Waals surface area contributed by atoms with Crippen molar-refractivity contribution in [3.8, 4) is 0 Å². The molecule has 0 saturated heterocycles. The van der Waals surface area contributed by atoms with E-state index in [9.17, 15) is 22.8 Å². The number of nitrogens with zero attached hydrogens (tertiary/aromatic N) is 1. The second kappa shape index (κ2) is 7.82. The average Bonchev–Trinajstić information content (AvgIpc) is 2.60. The van der Waals surface area contributed by atoms with E-state index in [1.165, 1.54) is 35.7 Å². The van der Waals surface area contributed by atoms with E-state index in [-0.39, 0.29) is 11.6 Å². The summed E-state index contributed by atoms with van der Waals surface area (Å²) in [6, 6.07) is 9.09. The van der Waals surface area contributed by atoms with Gasteiger partial charge in [0.05, 0.1) is 11.3 Å². The van der Waals surface area contributed by atoms with Crippen LogP contribution in [-0.2, 0) is 11.0 Å². The number of anilines is 2. The van der Waals surface area contributed by atoms with Crippen molar-refractivity contribution >= 4 is 35.0 Å². The summed E-state index contributed by atoms with van der Waals surface area (Å²) in [7, 11) is 1.64. The van der Waals surface area contributed by atoms with E-state index in [0.29, 0.717) is 11.3 Å². The van der Waals surface area contributed by atoms with Crippen LogP contribution < -0.4 is 10.2 Å². The molecule has 0 unspecified atom stereocenters. The van der Waals surface area contributed by atoms with Gasteiger partial charge in [-0.25, -0.2) is 0 Å². The summed E-state index contributed by atoms with van der Waals surface area (Å²) in [6.45, 7) is 1.44. The van der Waals surface area contributed by atoms with Gasteiger partial charge in [0.1, 0.15) is 0 Å². The van der Waals surface area contributed by atoms with Gasteiger partial charge in [-0.3, -0.25) is 9.59 Å². The Balaban J connectivity index is 2.20. The Bertz CT molecular complexity index is 820. The molecule has 2 aromatic carbocycles. The molecule has 0 bridgehead atoms. The highest BCUT2D eigenvalue weighted by molar-refractivity contribution is 7.98. The van der Waals surface area contributed by atoms with Gasteiger partial charge >= 0.3 is 6.18 Å². The molecular formula is C18H17F3N2O2S. The van der Waals surface area contributed by atoms with Crippen molar-refractivity contribution in [3.63, 3.8) is 0 Å². The Labute approximate surface area is 153 Å². The van der Waals surface area contributed by atoms with Crippen molar-refractivity contribution in [2.45, 2.75) is 18.0 Å². The fourth-order valence-corrected chi connectivity index (χ4v) is 2.87. The SMILES string of the molecule is CSc1cc(C(=O)Nc2ccc(C(F)(F)F)cc2)ccc1N(C)C(C)=O. The van der Waals surface area contributed by atoms with Crippen LogP contribution in [0.3, 0.4) is 0 Å². The van der Waals surface area contributed by atoms with Gasteiger partial charge in [-0.05, 0) is 48.7 Å². The second-order valence-corrected chi connectivity index (χ2v) is 6.34. The predicted molar refractivity (Wildman–Crippen MR) is 96.7 cm³/mol. The first-order valence-corrected chi connectivity index (χ1v) is 8.77. The first kappa shape index (κ1) is 19.8. The Hall–Kier alpha value is -2.48. The van der Waals surface area contributed by atoms with Crippen molar-refractivity contribution in [2.75, 3.05) is 23.5 Å². The van der Waals surface area contributed by atoms with Crippen LogP contribution in [0.2, 0.25) is 0 Å². The van der Waals surface area contributed by atoms with Crippen molar-refractivity contribution in [2.24, 2.45) is 0 Å². The van der Waals surface area contributed by atoms with Crippen LogP contribution in [0.1, 0.15) is 22.8 Å². The standard InChI is InChI=1S/C18H17F3N2O2S/c1-11(24)23(2)15-9-4-12(10-16(15)26-3)17(25)22-14-7-5-13(6-8-14)18(19,20)21/h4-10H,1-3H3,(H,22,25). The smallest absolute Gasteiger partial charge is 0.322 e. The Morgan fingerprint density at radius 2 is 1.69 bits per heavy atom. The lowest BCUT2D eigenvalue weighted by molar-refractivity contribution is -0.137. The van der Waals surface area contributed by atoms with Gasteiger partial charge in [0.25, 0.3) is 5.91 Å². The molecule has 2 aromatic rings. The highest BCUT2D eigenvalue weighted by Crippen LogP contribution is 2.31. The van der Waals surface area contributed by atoms with Gasteiger partial charge in [-0.1, -0.05) is 0 Å². The first-order chi connectivity index (χ1) is 12.1. The maximum Gasteiger partial charge on any atom is 0.416 e. The van der Waals surface area contributed by atoms with Crippen LogP contribution in [0.25, 0.3) is 0 Å². The van der Waals surface area contributed by atoms with Crippen LogP contribution >= 0.6 is 11.8 Å². The number of benzene rings is 2. The van der Waals surface area contributed by atoms with Gasteiger partial charge in [0.15, 0.2) is 0 Å². The number of rotatable bonds is 4. The van der Waals surface area contributed by atoms with Crippen LogP contribution in [0.4, 0.5) is 24.5 Å². The molecule has 26 heavy (non-hydrogen) atoms. The third kappa shape index (κ3) is 4.57. The summed E-state index contributed by atoms with van der Waals surface area (Å²) in [5, 5.41) is 2.56. The minimum Gasteiger partial charge on any atom is -0.322 e. The minimum absolute atomic E-state index is 0.137. The highest BCUT2D eigenvalue weighted by atomic mass is 32.2. The summed E-state index contributed by atoms with van der Waals surface area (Å²) in [5.41, 5.74) is 0.501.